The molecule has 1 fully saturated rings. The number of ether oxygens (including phenoxy) is 5. The summed E-state index contributed by atoms with van der Waals surface area (Å²) < 4.78 is 29.0. The number of hydrogen-bond donors (Lipinski definition) is 0. The Labute approximate surface area is 153 Å². The molecule has 0 aliphatic carbocycles. The minimum Gasteiger partial charge on any atom is -0.497 e. The Morgan fingerprint density at radius 3 is 2.62 bits per heavy atom. The maximum absolute atomic E-state index is 6.19. The third-order valence-corrected chi connectivity index (χ3v) is 4.58. The predicted molar refractivity (Wildman–Crippen MR) is 95.6 cm³/mol. The molecule has 1 unspecified atom stereocenters. The van der Waals surface area contributed by atoms with Crippen LogP contribution >= 0.6 is 0 Å². The molecule has 1 saturated heterocycles. The molecule has 0 bridgehead atoms. The molecule has 0 amide bonds. The van der Waals surface area contributed by atoms with E-state index in [1.54, 1.807) is 13.4 Å². The summed E-state index contributed by atoms with van der Waals surface area (Å²) in [6.45, 7) is 0.980. The van der Waals surface area contributed by atoms with Gasteiger partial charge in [-0.3, -0.25) is 0 Å². The van der Waals surface area contributed by atoms with E-state index in [4.69, 9.17) is 23.7 Å². The van der Waals surface area contributed by atoms with E-state index in [2.05, 4.69) is 0 Å². The first-order valence-electron chi connectivity index (χ1n) is 8.72. The lowest BCUT2D eigenvalue weighted by molar-refractivity contribution is -0.281. The minimum absolute atomic E-state index is 0.171. The van der Waals surface area contributed by atoms with Gasteiger partial charge in [-0.2, -0.15) is 0 Å². The maximum Gasteiger partial charge on any atom is 0.184 e. The number of hydrogen-bond acceptors (Lipinski definition) is 5. The standard InChI is InChI=1S/C21H22O5/c1-22-17-9-7-16(8-10-17)21-25-14-19-20(26-21)18(11-12-23-19)24-13-15-5-3-2-4-6-15/h2-12,18-21H,13-14H2,1H3/t18-,19-,20+,21?/m1/s1. The molecule has 0 spiro atoms. The Morgan fingerprint density at radius 2 is 1.85 bits per heavy atom. The fourth-order valence-corrected chi connectivity index (χ4v) is 3.14. The molecule has 2 aromatic rings. The summed E-state index contributed by atoms with van der Waals surface area (Å²) in [5.41, 5.74) is 2.07. The van der Waals surface area contributed by atoms with Crippen LogP contribution < -0.4 is 4.74 Å². The van der Waals surface area contributed by atoms with Crippen molar-refractivity contribution in [1.29, 1.82) is 0 Å². The highest BCUT2D eigenvalue weighted by atomic mass is 16.7. The zero-order chi connectivity index (χ0) is 17.8. The van der Waals surface area contributed by atoms with E-state index >= 15 is 0 Å². The van der Waals surface area contributed by atoms with Crippen molar-refractivity contribution in [2.45, 2.75) is 31.2 Å². The molecule has 2 aliphatic rings. The van der Waals surface area contributed by atoms with Crippen LogP contribution in [0.4, 0.5) is 0 Å². The van der Waals surface area contributed by atoms with Crippen LogP contribution in [0.2, 0.25) is 0 Å². The van der Waals surface area contributed by atoms with E-state index in [1.807, 2.05) is 60.7 Å². The van der Waals surface area contributed by atoms with Crippen molar-refractivity contribution in [1.82, 2.24) is 0 Å². The van der Waals surface area contributed by atoms with Crippen molar-refractivity contribution in [2.75, 3.05) is 13.7 Å². The van der Waals surface area contributed by atoms with Gasteiger partial charge in [0.2, 0.25) is 0 Å². The molecule has 0 radical (unpaired) electrons. The van der Waals surface area contributed by atoms with E-state index in [-0.39, 0.29) is 18.3 Å². The fraction of sp³-hybridized carbons (Fsp3) is 0.333. The topological polar surface area (TPSA) is 46.2 Å². The van der Waals surface area contributed by atoms with Crippen molar-refractivity contribution >= 4 is 0 Å². The molecule has 4 rings (SSSR count). The first kappa shape index (κ1) is 17.1. The van der Waals surface area contributed by atoms with Crippen molar-refractivity contribution in [3.05, 3.63) is 78.1 Å². The summed E-state index contributed by atoms with van der Waals surface area (Å²) in [7, 11) is 1.65. The smallest absolute Gasteiger partial charge is 0.184 e. The Balaban J connectivity index is 1.44. The van der Waals surface area contributed by atoms with Crippen LogP contribution in [0.1, 0.15) is 17.4 Å². The summed E-state index contributed by atoms with van der Waals surface area (Å²) in [4.78, 5) is 0. The van der Waals surface area contributed by atoms with Gasteiger partial charge in [-0.15, -0.1) is 0 Å². The van der Waals surface area contributed by atoms with Gasteiger partial charge in [0.05, 0.1) is 26.6 Å². The summed E-state index contributed by atoms with van der Waals surface area (Å²) >= 11 is 0. The van der Waals surface area contributed by atoms with Gasteiger partial charge in [0.25, 0.3) is 0 Å². The van der Waals surface area contributed by atoms with Crippen LogP contribution in [0.5, 0.6) is 5.75 Å². The number of benzene rings is 2. The molecule has 0 saturated carbocycles. The largest absolute Gasteiger partial charge is 0.497 e. The van der Waals surface area contributed by atoms with Gasteiger partial charge in [0.1, 0.15) is 18.0 Å². The van der Waals surface area contributed by atoms with Crippen LogP contribution in [-0.4, -0.2) is 32.0 Å². The first-order valence-corrected chi connectivity index (χ1v) is 8.72. The summed E-state index contributed by atoms with van der Waals surface area (Å²) in [5, 5.41) is 0. The predicted octanol–water partition coefficient (Wildman–Crippen LogP) is 3.61. The van der Waals surface area contributed by atoms with Gasteiger partial charge in [0.15, 0.2) is 12.4 Å². The Bertz CT molecular complexity index is 728. The molecule has 2 aromatic carbocycles. The molecular formula is C21H22O5. The average molecular weight is 354 g/mol. The number of methoxy groups -OCH3 is 1. The van der Waals surface area contributed by atoms with Gasteiger partial charge in [-0.25, -0.2) is 0 Å². The number of rotatable bonds is 5. The van der Waals surface area contributed by atoms with Gasteiger partial charge < -0.3 is 23.7 Å². The molecule has 136 valence electrons. The van der Waals surface area contributed by atoms with Crippen molar-refractivity contribution < 1.29 is 23.7 Å². The Hall–Kier alpha value is -2.34. The second-order valence-corrected chi connectivity index (χ2v) is 6.30. The molecule has 4 atom stereocenters. The van der Waals surface area contributed by atoms with E-state index in [0.717, 1.165) is 16.9 Å². The molecule has 26 heavy (non-hydrogen) atoms. The monoisotopic (exact) mass is 354 g/mol. The summed E-state index contributed by atoms with van der Waals surface area (Å²) in [6, 6.07) is 17.8. The van der Waals surface area contributed by atoms with Gasteiger partial charge in [0, 0.05) is 5.56 Å². The summed E-state index contributed by atoms with van der Waals surface area (Å²) in [6.07, 6.45) is 2.57. The average Bonchev–Trinajstić information content (AvgIpc) is 2.72. The van der Waals surface area contributed by atoms with Crippen molar-refractivity contribution in [3.8, 4) is 5.75 Å². The molecule has 5 nitrogen and oxygen atoms in total. The molecular weight excluding hydrogens is 332 g/mol. The Kier molecular flexibility index (Phi) is 5.20. The highest BCUT2D eigenvalue weighted by Crippen LogP contribution is 2.33. The van der Waals surface area contributed by atoms with Gasteiger partial charge in [-0.1, -0.05) is 42.5 Å². The van der Waals surface area contributed by atoms with E-state index < -0.39 is 6.29 Å². The number of fused-ring (bicyclic) bond motifs is 1. The zero-order valence-electron chi connectivity index (χ0n) is 14.6. The molecule has 0 N–H and O–H groups in total. The van der Waals surface area contributed by atoms with E-state index in [0.29, 0.717) is 13.2 Å². The van der Waals surface area contributed by atoms with Gasteiger partial charge in [-0.05, 0) is 23.8 Å². The first-order chi connectivity index (χ1) is 12.8. The second kappa shape index (κ2) is 7.91. The molecule has 5 heteroatoms. The van der Waals surface area contributed by atoms with E-state index in [1.165, 1.54) is 0 Å². The zero-order valence-corrected chi connectivity index (χ0v) is 14.6. The SMILES string of the molecule is COc1ccc(C2OC[C@H]3OC=C[C@@H](OCc4ccccc4)[C@@H]3O2)cc1. The summed E-state index contributed by atoms with van der Waals surface area (Å²) in [5.74, 6) is 0.801. The van der Waals surface area contributed by atoms with E-state index in [9.17, 15) is 0 Å². The quantitative estimate of drug-likeness (QED) is 0.821. The lowest BCUT2D eigenvalue weighted by Crippen LogP contribution is -2.50. The second-order valence-electron chi connectivity index (χ2n) is 6.30. The van der Waals surface area contributed by atoms with Crippen LogP contribution in [0.15, 0.2) is 66.9 Å². The van der Waals surface area contributed by atoms with Crippen LogP contribution in [0, 0.1) is 0 Å². The molecule has 2 aliphatic heterocycles. The van der Waals surface area contributed by atoms with Crippen LogP contribution in [0.25, 0.3) is 0 Å². The fourth-order valence-electron chi connectivity index (χ4n) is 3.14. The molecule has 2 heterocycles. The third-order valence-electron chi connectivity index (χ3n) is 4.58. The van der Waals surface area contributed by atoms with Crippen molar-refractivity contribution in [2.24, 2.45) is 0 Å². The molecule has 0 aromatic heterocycles. The Morgan fingerprint density at radius 1 is 1.04 bits per heavy atom. The van der Waals surface area contributed by atoms with Gasteiger partial charge >= 0.3 is 0 Å². The lowest BCUT2D eigenvalue weighted by Gasteiger charge is -2.40. The lowest BCUT2D eigenvalue weighted by atomic mass is 10.0. The third kappa shape index (κ3) is 3.75. The maximum atomic E-state index is 6.19. The van der Waals surface area contributed by atoms with Crippen molar-refractivity contribution in [3.63, 3.8) is 0 Å². The highest BCUT2D eigenvalue weighted by Gasteiger charge is 2.40. The normalized spacial score (nSPS) is 27.4. The minimum atomic E-state index is -0.444. The highest BCUT2D eigenvalue weighted by molar-refractivity contribution is 5.28. The van der Waals surface area contributed by atoms with Crippen LogP contribution in [-0.2, 0) is 25.6 Å². The van der Waals surface area contributed by atoms with Crippen LogP contribution in [0.3, 0.4) is 0 Å².